The lowest BCUT2D eigenvalue weighted by atomic mass is 10.1. The molecule has 5 nitrogen and oxygen atoms in total. The van der Waals surface area contributed by atoms with Crippen molar-refractivity contribution >= 4 is 38.9 Å². The lowest BCUT2D eigenvalue weighted by Crippen LogP contribution is -2.29. The van der Waals surface area contributed by atoms with E-state index >= 15 is 0 Å². The van der Waals surface area contributed by atoms with Gasteiger partial charge in [-0.3, -0.25) is 9.10 Å². The van der Waals surface area contributed by atoms with Crippen molar-refractivity contribution in [2.75, 3.05) is 15.9 Å². The lowest BCUT2D eigenvalue weighted by molar-refractivity contribution is 0.102. The van der Waals surface area contributed by atoms with Gasteiger partial charge in [0.25, 0.3) is 5.91 Å². The summed E-state index contributed by atoms with van der Waals surface area (Å²) in [6.45, 7) is 2.04. The van der Waals surface area contributed by atoms with E-state index in [0.717, 1.165) is 11.1 Å². The van der Waals surface area contributed by atoms with Gasteiger partial charge in [0.15, 0.2) is 0 Å². The Morgan fingerprint density at radius 1 is 0.966 bits per heavy atom. The second-order valence-electron chi connectivity index (χ2n) is 6.67. The number of hydrogen-bond acceptors (Lipinski definition) is 3. The zero-order chi connectivity index (χ0) is 21.0. The molecule has 0 aromatic heterocycles. The molecule has 1 amide bonds. The molecule has 3 aromatic carbocycles. The van der Waals surface area contributed by atoms with E-state index in [-0.39, 0.29) is 12.5 Å². The highest BCUT2D eigenvalue weighted by Crippen LogP contribution is 2.25. The van der Waals surface area contributed by atoms with Crippen LogP contribution in [0.3, 0.4) is 0 Å². The first-order chi connectivity index (χ1) is 13.8. The van der Waals surface area contributed by atoms with E-state index in [1.165, 1.54) is 10.6 Å². The van der Waals surface area contributed by atoms with Crippen LogP contribution in [0.2, 0.25) is 5.02 Å². The number of carbonyl (C=O) groups excluding carboxylic acids is 1. The Kier molecular flexibility index (Phi) is 6.25. The van der Waals surface area contributed by atoms with E-state index in [0.29, 0.717) is 22.0 Å². The van der Waals surface area contributed by atoms with Crippen LogP contribution in [0.15, 0.2) is 72.8 Å². The fourth-order valence-corrected chi connectivity index (χ4v) is 3.93. The first-order valence-electron chi connectivity index (χ1n) is 8.94. The van der Waals surface area contributed by atoms with Gasteiger partial charge in [-0.2, -0.15) is 0 Å². The molecule has 0 heterocycles. The van der Waals surface area contributed by atoms with Crippen LogP contribution in [0.1, 0.15) is 21.5 Å². The molecule has 0 bridgehead atoms. The number of rotatable bonds is 6. The largest absolute Gasteiger partial charge is 0.322 e. The van der Waals surface area contributed by atoms with E-state index < -0.39 is 10.0 Å². The molecule has 0 spiro atoms. The summed E-state index contributed by atoms with van der Waals surface area (Å²) in [4.78, 5) is 12.6. The minimum Gasteiger partial charge on any atom is -0.322 e. The third-order valence-corrected chi connectivity index (χ3v) is 6.05. The van der Waals surface area contributed by atoms with E-state index in [1.54, 1.807) is 42.5 Å². The average Bonchev–Trinajstić information content (AvgIpc) is 2.70. The van der Waals surface area contributed by atoms with E-state index in [2.05, 4.69) is 5.32 Å². The molecule has 150 valence electrons. The number of carbonyl (C=O) groups is 1. The van der Waals surface area contributed by atoms with Crippen LogP contribution < -0.4 is 9.62 Å². The van der Waals surface area contributed by atoms with Crippen LogP contribution >= 0.6 is 11.6 Å². The Balaban J connectivity index is 1.81. The summed E-state index contributed by atoms with van der Waals surface area (Å²) in [5.41, 5.74) is 3.20. The first-order valence-corrected chi connectivity index (χ1v) is 11.2. The zero-order valence-corrected chi connectivity index (χ0v) is 17.7. The fraction of sp³-hybridized carbons (Fsp3) is 0.136. The Morgan fingerprint density at radius 3 is 2.24 bits per heavy atom. The molecule has 0 fully saturated rings. The number of hydrogen-bond donors (Lipinski definition) is 1. The Labute approximate surface area is 176 Å². The number of nitrogens with zero attached hydrogens (tertiary/aromatic N) is 1. The topological polar surface area (TPSA) is 66.5 Å². The molecule has 0 saturated heterocycles. The molecule has 0 saturated carbocycles. The van der Waals surface area contributed by atoms with Gasteiger partial charge in [-0.25, -0.2) is 8.42 Å². The summed E-state index contributed by atoms with van der Waals surface area (Å²) < 4.78 is 25.9. The van der Waals surface area contributed by atoms with Gasteiger partial charge in [0, 0.05) is 16.3 Å². The van der Waals surface area contributed by atoms with Crippen LogP contribution in [0.4, 0.5) is 11.4 Å². The van der Waals surface area contributed by atoms with E-state index in [1.807, 2.05) is 37.3 Å². The molecule has 0 unspecified atom stereocenters. The summed E-state index contributed by atoms with van der Waals surface area (Å²) in [6.07, 6.45) is 1.17. The summed E-state index contributed by atoms with van der Waals surface area (Å²) in [7, 11) is -3.49. The summed E-state index contributed by atoms with van der Waals surface area (Å²) >= 11 is 6.09. The van der Waals surface area contributed by atoms with Gasteiger partial charge in [-0.15, -0.1) is 0 Å². The van der Waals surface area contributed by atoms with Crippen molar-refractivity contribution in [2.24, 2.45) is 0 Å². The number of nitrogens with one attached hydrogen (secondary N) is 1. The van der Waals surface area contributed by atoms with Crippen molar-refractivity contribution < 1.29 is 13.2 Å². The third kappa shape index (κ3) is 5.16. The third-order valence-electron chi connectivity index (χ3n) is 4.50. The lowest BCUT2D eigenvalue weighted by Gasteiger charge is -2.22. The zero-order valence-electron chi connectivity index (χ0n) is 16.1. The minimum atomic E-state index is -3.49. The fourth-order valence-electron chi connectivity index (χ4n) is 2.87. The number of halogens is 1. The van der Waals surface area contributed by atoms with Crippen molar-refractivity contribution in [2.45, 2.75) is 13.5 Å². The van der Waals surface area contributed by atoms with Gasteiger partial charge in [-0.05, 0) is 54.4 Å². The molecule has 3 rings (SSSR count). The first kappa shape index (κ1) is 20.9. The molecular formula is C22H21ClN2O3S. The molecule has 3 aromatic rings. The quantitative estimate of drug-likeness (QED) is 0.609. The molecule has 0 aliphatic heterocycles. The highest BCUT2D eigenvalue weighted by atomic mass is 35.5. The molecule has 0 aliphatic carbocycles. The Morgan fingerprint density at radius 2 is 1.62 bits per heavy atom. The van der Waals surface area contributed by atoms with Gasteiger partial charge in [0.05, 0.1) is 18.5 Å². The van der Waals surface area contributed by atoms with Crippen molar-refractivity contribution in [3.8, 4) is 0 Å². The maximum Gasteiger partial charge on any atom is 0.255 e. The molecule has 0 aliphatic rings. The Bertz CT molecular complexity index is 1110. The van der Waals surface area contributed by atoms with Crippen LogP contribution in [-0.4, -0.2) is 20.6 Å². The number of benzene rings is 3. The van der Waals surface area contributed by atoms with Crippen molar-refractivity contribution in [1.29, 1.82) is 0 Å². The Hall–Kier alpha value is -2.83. The van der Waals surface area contributed by atoms with Crippen LogP contribution in [0, 0.1) is 6.92 Å². The molecule has 1 N–H and O–H groups in total. The highest BCUT2D eigenvalue weighted by molar-refractivity contribution is 7.92. The number of sulfonamides is 1. The summed E-state index contributed by atoms with van der Waals surface area (Å²) in [5, 5.41) is 3.40. The van der Waals surface area contributed by atoms with E-state index in [4.69, 9.17) is 11.6 Å². The summed E-state index contributed by atoms with van der Waals surface area (Å²) in [6, 6.07) is 21.1. The van der Waals surface area contributed by atoms with Crippen LogP contribution in [0.5, 0.6) is 0 Å². The predicted octanol–water partition coefficient (Wildman–Crippen LogP) is 4.87. The van der Waals surface area contributed by atoms with Crippen molar-refractivity contribution in [3.05, 3.63) is 94.5 Å². The summed E-state index contributed by atoms with van der Waals surface area (Å²) in [5.74, 6) is -0.295. The monoisotopic (exact) mass is 428 g/mol. The molecule has 0 atom stereocenters. The highest BCUT2D eigenvalue weighted by Gasteiger charge is 2.18. The number of anilines is 2. The van der Waals surface area contributed by atoms with Crippen LogP contribution in [-0.2, 0) is 16.6 Å². The van der Waals surface area contributed by atoms with Gasteiger partial charge < -0.3 is 5.32 Å². The molecule has 29 heavy (non-hydrogen) atoms. The van der Waals surface area contributed by atoms with Gasteiger partial charge in [-0.1, -0.05) is 48.0 Å². The second-order valence-corrected chi connectivity index (χ2v) is 8.98. The van der Waals surface area contributed by atoms with E-state index in [9.17, 15) is 13.2 Å². The van der Waals surface area contributed by atoms with Gasteiger partial charge in [0.1, 0.15) is 0 Å². The second kappa shape index (κ2) is 8.68. The van der Waals surface area contributed by atoms with Gasteiger partial charge in [0.2, 0.25) is 10.0 Å². The SMILES string of the molecule is Cc1c(Cl)cccc1NC(=O)c1ccc(N(Cc2ccccc2)S(C)(=O)=O)cc1. The standard InChI is InChI=1S/C22H21ClN2O3S/c1-16-20(23)9-6-10-21(16)24-22(26)18-11-13-19(14-12-18)25(29(2,27)28)15-17-7-4-3-5-8-17/h3-14H,15H2,1-2H3,(H,24,26). The van der Waals surface area contributed by atoms with Crippen molar-refractivity contribution in [3.63, 3.8) is 0 Å². The molecule has 7 heteroatoms. The average molecular weight is 429 g/mol. The maximum absolute atomic E-state index is 12.6. The normalized spacial score (nSPS) is 11.1. The van der Waals surface area contributed by atoms with Gasteiger partial charge >= 0.3 is 0 Å². The predicted molar refractivity (Wildman–Crippen MR) is 118 cm³/mol. The molecule has 0 radical (unpaired) electrons. The minimum absolute atomic E-state index is 0.215. The van der Waals surface area contributed by atoms with Crippen LogP contribution in [0.25, 0.3) is 0 Å². The number of amides is 1. The maximum atomic E-state index is 12.6. The van der Waals surface area contributed by atoms with Crippen molar-refractivity contribution in [1.82, 2.24) is 0 Å². The molecular weight excluding hydrogens is 408 g/mol. The smallest absolute Gasteiger partial charge is 0.255 e.